The molecule has 132 valence electrons. The largest absolute Gasteiger partial charge is 0.394 e. The number of hydrogen-bond acceptors (Lipinski definition) is 7. The lowest BCUT2D eigenvalue weighted by atomic mass is 9.98. The Morgan fingerprint density at radius 3 is 2.50 bits per heavy atom. The van der Waals surface area contributed by atoms with Gasteiger partial charge in [-0.15, -0.1) is 0 Å². The lowest BCUT2D eigenvalue weighted by Gasteiger charge is -2.40. The van der Waals surface area contributed by atoms with Crippen molar-refractivity contribution < 1.29 is 25.2 Å². The van der Waals surface area contributed by atoms with Gasteiger partial charge in [-0.3, -0.25) is 5.43 Å². The van der Waals surface area contributed by atoms with Crippen molar-refractivity contribution in [3.8, 4) is 0 Å². The van der Waals surface area contributed by atoms with Crippen molar-refractivity contribution in [1.29, 1.82) is 0 Å². The van der Waals surface area contributed by atoms with Gasteiger partial charge in [0.1, 0.15) is 24.4 Å². The number of rotatable bonds is 4. The normalized spacial score (nSPS) is 30.3. The zero-order chi connectivity index (χ0) is 17.7. The molecular weight excluding hydrogens is 358 g/mol. The Bertz CT molecular complexity index is 586. The summed E-state index contributed by atoms with van der Waals surface area (Å²) in [5.41, 5.74) is 3.33. The Balaban J connectivity index is 1.88. The van der Waals surface area contributed by atoms with Gasteiger partial charge in [-0.05, 0) is 29.9 Å². The van der Waals surface area contributed by atoms with Crippen molar-refractivity contribution in [2.75, 3.05) is 6.61 Å². The molecule has 1 aliphatic heterocycles. The van der Waals surface area contributed by atoms with Gasteiger partial charge in [-0.2, -0.15) is 5.10 Å². The fraction of sp³-hybridized carbons (Fsp3) is 0.429. The SMILES string of the molecule is OC[C@H]1O[C@@H](NC(=S)N/N=C/c2ccc(Cl)cc2)[C@H](O)[C@@H](O)[C@@H]1O. The van der Waals surface area contributed by atoms with E-state index in [0.29, 0.717) is 5.02 Å². The molecule has 0 unspecified atom stereocenters. The third-order valence-electron chi connectivity index (χ3n) is 3.42. The highest BCUT2D eigenvalue weighted by molar-refractivity contribution is 7.80. The van der Waals surface area contributed by atoms with Gasteiger partial charge in [0.05, 0.1) is 12.8 Å². The van der Waals surface area contributed by atoms with Crippen LogP contribution in [0.5, 0.6) is 0 Å². The summed E-state index contributed by atoms with van der Waals surface area (Å²) < 4.78 is 5.26. The van der Waals surface area contributed by atoms with E-state index in [0.717, 1.165) is 5.56 Å². The summed E-state index contributed by atoms with van der Waals surface area (Å²) in [7, 11) is 0. The third kappa shape index (κ3) is 4.84. The number of nitrogens with zero attached hydrogens (tertiary/aromatic N) is 1. The predicted molar refractivity (Wildman–Crippen MR) is 91.7 cm³/mol. The van der Waals surface area contributed by atoms with Crippen LogP contribution in [0.1, 0.15) is 5.56 Å². The number of nitrogens with one attached hydrogen (secondary N) is 2. The molecule has 0 bridgehead atoms. The molecule has 24 heavy (non-hydrogen) atoms. The third-order valence-corrected chi connectivity index (χ3v) is 3.88. The van der Waals surface area contributed by atoms with Crippen molar-refractivity contribution in [2.24, 2.45) is 5.10 Å². The number of benzene rings is 1. The summed E-state index contributed by atoms with van der Waals surface area (Å²) in [6.07, 6.45) is -4.94. The Morgan fingerprint density at radius 1 is 1.21 bits per heavy atom. The van der Waals surface area contributed by atoms with E-state index >= 15 is 0 Å². The monoisotopic (exact) mass is 375 g/mol. The van der Waals surface area contributed by atoms with Crippen molar-refractivity contribution in [3.63, 3.8) is 0 Å². The van der Waals surface area contributed by atoms with Crippen molar-refractivity contribution in [3.05, 3.63) is 34.9 Å². The number of aliphatic hydroxyl groups excluding tert-OH is 4. The van der Waals surface area contributed by atoms with Gasteiger partial charge in [-0.1, -0.05) is 23.7 Å². The van der Waals surface area contributed by atoms with Gasteiger partial charge in [0, 0.05) is 5.02 Å². The van der Waals surface area contributed by atoms with Gasteiger partial charge in [0.2, 0.25) is 0 Å². The molecule has 0 saturated carbocycles. The minimum atomic E-state index is -1.48. The first-order chi connectivity index (χ1) is 11.4. The molecule has 0 radical (unpaired) electrons. The molecule has 1 heterocycles. The Labute approximate surface area is 148 Å². The summed E-state index contributed by atoms with van der Waals surface area (Å²) in [6, 6.07) is 6.96. The quantitative estimate of drug-likeness (QED) is 0.223. The first kappa shape index (κ1) is 19.0. The molecule has 8 nitrogen and oxygen atoms in total. The van der Waals surface area contributed by atoms with E-state index in [1.165, 1.54) is 6.21 Å². The van der Waals surface area contributed by atoms with E-state index in [2.05, 4.69) is 15.8 Å². The Hall–Kier alpha value is -1.33. The van der Waals surface area contributed by atoms with Gasteiger partial charge in [-0.25, -0.2) is 0 Å². The average Bonchev–Trinajstić information content (AvgIpc) is 2.57. The number of hydrogen-bond donors (Lipinski definition) is 6. The van der Waals surface area contributed by atoms with E-state index in [4.69, 9.17) is 33.7 Å². The topological polar surface area (TPSA) is 127 Å². The molecular formula is C14H18ClN3O5S. The molecule has 0 amide bonds. The minimum absolute atomic E-state index is 0.0320. The van der Waals surface area contributed by atoms with Crippen LogP contribution in [-0.2, 0) is 4.74 Å². The molecule has 2 rings (SSSR count). The smallest absolute Gasteiger partial charge is 0.189 e. The second-order valence-electron chi connectivity index (χ2n) is 5.14. The molecule has 1 saturated heterocycles. The molecule has 5 atom stereocenters. The summed E-state index contributed by atoms with van der Waals surface area (Å²) in [6.45, 7) is -0.516. The van der Waals surface area contributed by atoms with Crippen LogP contribution in [0.15, 0.2) is 29.4 Å². The number of aliphatic hydroxyl groups is 4. The molecule has 0 spiro atoms. The summed E-state index contributed by atoms with van der Waals surface area (Å²) >= 11 is 10.8. The standard InChI is InChI=1S/C14H18ClN3O5S/c15-8-3-1-7(2-4-8)5-16-18-14(24)17-13-12(22)11(21)10(20)9(6-19)23-13/h1-5,9-13,19-22H,6H2,(H2,17,18,24)/b16-5+/t9-,10-,11+,12-,13-/m1/s1. The van der Waals surface area contributed by atoms with E-state index in [-0.39, 0.29) is 5.11 Å². The van der Waals surface area contributed by atoms with E-state index in [1.54, 1.807) is 24.3 Å². The summed E-state index contributed by atoms with van der Waals surface area (Å²) in [5, 5.41) is 45.6. The fourth-order valence-electron chi connectivity index (χ4n) is 2.10. The predicted octanol–water partition coefficient (Wildman–Crippen LogP) is -1.06. The van der Waals surface area contributed by atoms with Crippen LogP contribution in [-0.4, -0.2) is 69.0 Å². The molecule has 1 aliphatic rings. The van der Waals surface area contributed by atoms with E-state index in [1.807, 2.05) is 0 Å². The van der Waals surface area contributed by atoms with E-state index in [9.17, 15) is 15.3 Å². The number of thiocarbonyl (C=S) groups is 1. The fourth-order valence-corrected chi connectivity index (χ4v) is 2.39. The average molecular weight is 376 g/mol. The minimum Gasteiger partial charge on any atom is -0.394 e. The molecule has 1 aromatic rings. The molecule has 6 N–H and O–H groups in total. The van der Waals surface area contributed by atoms with Crippen molar-refractivity contribution in [1.82, 2.24) is 10.7 Å². The number of ether oxygens (including phenoxy) is 1. The number of hydrazone groups is 1. The Morgan fingerprint density at radius 2 is 1.88 bits per heavy atom. The molecule has 10 heteroatoms. The zero-order valence-electron chi connectivity index (χ0n) is 12.4. The van der Waals surface area contributed by atoms with Crippen LogP contribution in [0.2, 0.25) is 5.02 Å². The Kier molecular flexibility index (Phi) is 6.87. The van der Waals surface area contributed by atoms with Crippen LogP contribution >= 0.6 is 23.8 Å². The second kappa shape index (κ2) is 8.67. The maximum Gasteiger partial charge on any atom is 0.189 e. The van der Waals surface area contributed by atoms with Crippen LogP contribution in [0.3, 0.4) is 0 Å². The highest BCUT2D eigenvalue weighted by Crippen LogP contribution is 2.19. The van der Waals surface area contributed by atoms with Gasteiger partial charge in [0.15, 0.2) is 11.3 Å². The lowest BCUT2D eigenvalue weighted by Crippen LogP contribution is -2.63. The van der Waals surface area contributed by atoms with Crippen LogP contribution in [0.4, 0.5) is 0 Å². The van der Waals surface area contributed by atoms with Crippen molar-refractivity contribution in [2.45, 2.75) is 30.6 Å². The highest BCUT2D eigenvalue weighted by atomic mass is 35.5. The van der Waals surface area contributed by atoms with Crippen LogP contribution in [0.25, 0.3) is 0 Å². The highest BCUT2D eigenvalue weighted by Gasteiger charge is 2.43. The van der Waals surface area contributed by atoms with Gasteiger partial charge in [0.25, 0.3) is 0 Å². The first-order valence-electron chi connectivity index (χ1n) is 7.08. The molecule has 0 aromatic heterocycles. The maximum absolute atomic E-state index is 9.88. The van der Waals surface area contributed by atoms with Crippen molar-refractivity contribution >= 4 is 35.1 Å². The number of halogens is 1. The maximum atomic E-state index is 9.88. The summed E-state index contributed by atoms with van der Waals surface area (Å²) in [4.78, 5) is 0. The van der Waals surface area contributed by atoms with Crippen LogP contribution < -0.4 is 10.7 Å². The van der Waals surface area contributed by atoms with Crippen LogP contribution in [0, 0.1) is 0 Å². The van der Waals surface area contributed by atoms with Gasteiger partial charge < -0.3 is 30.5 Å². The second-order valence-corrected chi connectivity index (χ2v) is 5.99. The molecule has 1 aromatic carbocycles. The van der Waals surface area contributed by atoms with Gasteiger partial charge >= 0.3 is 0 Å². The van der Waals surface area contributed by atoms with E-state index < -0.39 is 37.3 Å². The molecule has 1 fully saturated rings. The first-order valence-corrected chi connectivity index (χ1v) is 7.86. The summed E-state index contributed by atoms with van der Waals surface area (Å²) in [5.74, 6) is 0. The lowest BCUT2D eigenvalue weighted by molar-refractivity contribution is -0.232. The molecule has 0 aliphatic carbocycles. The zero-order valence-corrected chi connectivity index (χ0v) is 14.0.